The predicted octanol–water partition coefficient (Wildman–Crippen LogP) is 4.00. The van der Waals surface area contributed by atoms with Crippen LogP contribution in [0.3, 0.4) is 0 Å². The van der Waals surface area contributed by atoms with Crippen LogP contribution >= 0.6 is 11.8 Å². The zero-order valence-corrected chi connectivity index (χ0v) is 15.5. The second kappa shape index (κ2) is 9.64. The highest BCUT2D eigenvalue weighted by Gasteiger charge is 2.10. The summed E-state index contributed by atoms with van der Waals surface area (Å²) in [7, 11) is 0. The Morgan fingerprint density at radius 1 is 1.19 bits per heavy atom. The summed E-state index contributed by atoms with van der Waals surface area (Å²) in [5.41, 5.74) is 2.64. The Labute approximate surface area is 157 Å². The van der Waals surface area contributed by atoms with Gasteiger partial charge in [0, 0.05) is 11.4 Å². The number of carbonyl (C=O) groups is 2. The maximum absolute atomic E-state index is 12.1. The van der Waals surface area contributed by atoms with E-state index in [0.29, 0.717) is 28.3 Å². The van der Waals surface area contributed by atoms with Gasteiger partial charge in [0.25, 0.3) is 0 Å². The van der Waals surface area contributed by atoms with E-state index in [1.54, 1.807) is 50.2 Å². The van der Waals surface area contributed by atoms with Crippen molar-refractivity contribution in [1.29, 1.82) is 5.26 Å². The predicted molar refractivity (Wildman–Crippen MR) is 103 cm³/mol. The molecule has 0 aromatic heterocycles. The number of nitrogens with zero attached hydrogens (tertiary/aromatic N) is 1. The van der Waals surface area contributed by atoms with Crippen LogP contribution in [0, 0.1) is 11.3 Å². The van der Waals surface area contributed by atoms with Crippen molar-refractivity contribution in [3.8, 4) is 6.07 Å². The lowest BCUT2D eigenvalue weighted by Gasteiger charge is -2.10. The van der Waals surface area contributed by atoms with Crippen molar-refractivity contribution in [2.75, 3.05) is 11.1 Å². The average molecular weight is 368 g/mol. The van der Waals surface area contributed by atoms with Crippen LogP contribution in [0.4, 0.5) is 5.69 Å². The summed E-state index contributed by atoms with van der Waals surface area (Å²) in [5.74, 6) is 0.421. The number of anilines is 1. The zero-order valence-electron chi connectivity index (χ0n) is 14.7. The number of rotatable bonds is 7. The topological polar surface area (TPSA) is 79.2 Å². The van der Waals surface area contributed by atoms with Crippen molar-refractivity contribution in [3.63, 3.8) is 0 Å². The van der Waals surface area contributed by atoms with Crippen LogP contribution in [0.15, 0.2) is 48.5 Å². The van der Waals surface area contributed by atoms with E-state index in [2.05, 4.69) is 11.4 Å². The summed E-state index contributed by atoms with van der Waals surface area (Å²) in [5, 5.41) is 11.6. The van der Waals surface area contributed by atoms with Crippen LogP contribution in [-0.2, 0) is 15.3 Å². The highest BCUT2D eigenvalue weighted by atomic mass is 32.2. The maximum Gasteiger partial charge on any atom is 0.338 e. The van der Waals surface area contributed by atoms with Gasteiger partial charge >= 0.3 is 5.97 Å². The van der Waals surface area contributed by atoms with E-state index in [-0.39, 0.29) is 12.0 Å². The van der Waals surface area contributed by atoms with Crippen molar-refractivity contribution >= 4 is 29.3 Å². The highest BCUT2D eigenvalue weighted by Crippen LogP contribution is 2.15. The summed E-state index contributed by atoms with van der Waals surface area (Å²) in [6, 6.07) is 16.1. The first-order valence-electron chi connectivity index (χ1n) is 8.15. The molecule has 0 saturated carbocycles. The number of thioether (sulfide) groups is 1. The van der Waals surface area contributed by atoms with E-state index >= 15 is 0 Å². The summed E-state index contributed by atoms with van der Waals surface area (Å²) in [6.07, 6.45) is -0.195. The standard InChI is InChI=1S/C20H20N2O3S/c1-14(2)25-20(24)17-4-3-5-18(10-17)22-19(23)13-26-12-16-8-6-15(11-21)7-9-16/h3-10,14H,12-13H2,1-2H3,(H,22,23). The molecule has 26 heavy (non-hydrogen) atoms. The Balaban J connectivity index is 1.83. The van der Waals surface area contributed by atoms with Crippen LogP contribution in [0.2, 0.25) is 0 Å². The smallest absolute Gasteiger partial charge is 0.338 e. The molecule has 0 atom stereocenters. The second-order valence-electron chi connectivity index (χ2n) is 5.88. The van der Waals surface area contributed by atoms with Crippen molar-refractivity contribution in [2.24, 2.45) is 0 Å². The molecule has 2 rings (SSSR count). The number of carbonyl (C=O) groups excluding carboxylic acids is 2. The fourth-order valence-corrected chi connectivity index (χ4v) is 2.93. The van der Waals surface area contributed by atoms with Crippen LogP contribution in [0.5, 0.6) is 0 Å². The Bertz CT molecular complexity index is 811. The number of amides is 1. The fourth-order valence-electron chi connectivity index (χ4n) is 2.14. The third kappa shape index (κ3) is 6.26. The van der Waals surface area contributed by atoms with Gasteiger partial charge in [-0.1, -0.05) is 18.2 Å². The van der Waals surface area contributed by atoms with Crippen molar-refractivity contribution in [1.82, 2.24) is 0 Å². The van der Waals surface area contributed by atoms with Crippen LogP contribution in [0.1, 0.15) is 35.3 Å². The molecule has 6 heteroatoms. The van der Waals surface area contributed by atoms with E-state index in [4.69, 9.17) is 10.00 Å². The zero-order chi connectivity index (χ0) is 18.9. The first-order valence-corrected chi connectivity index (χ1v) is 9.31. The number of ether oxygens (including phenoxy) is 1. The van der Waals surface area contributed by atoms with Gasteiger partial charge < -0.3 is 10.1 Å². The van der Waals surface area contributed by atoms with Gasteiger partial charge in [0.15, 0.2) is 0 Å². The molecule has 134 valence electrons. The minimum absolute atomic E-state index is 0.141. The quantitative estimate of drug-likeness (QED) is 0.748. The number of nitriles is 1. The van der Waals surface area contributed by atoms with E-state index in [1.165, 1.54) is 11.8 Å². The molecule has 0 unspecified atom stereocenters. The number of nitrogens with one attached hydrogen (secondary N) is 1. The molecular formula is C20H20N2O3S. The first kappa shape index (κ1) is 19.5. The summed E-state index contributed by atoms with van der Waals surface area (Å²) in [6.45, 7) is 3.57. The molecule has 5 nitrogen and oxygen atoms in total. The van der Waals surface area contributed by atoms with E-state index in [0.717, 1.165) is 5.56 Å². The summed E-state index contributed by atoms with van der Waals surface area (Å²) in [4.78, 5) is 24.0. The minimum Gasteiger partial charge on any atom is -0.459 e. The molecule has 0 fully saturated rings. The maximum atomic E-state index is 12.1. The third-order valence-electron chi connectivity index (χ3n) is 3.31. The fraction of sp³-hybridized carbons (Fsp3) is 0.250. The van der Waals surface area contributed by atoms with Gasteiger partial charge in [-0.05, 0) is 49.7 Å². The Morgan fingerprint density at radius 2 is 1.92 bits per heavy atom. The molecule has 2 aromatic carbocycles. The summed E-state index contributed by atoms with van der Waals surface area (Å²) < 4.78 is 5.15. The van der Waals surface area contributed by atoms with Crippen molar-refractivity contribution in [2.45, 2.75) is 25.7 Å². The molecular weight excluding hydrogens is 348 g/mol. The summed E-state index contributed by atoms with van der Waals surface area (Å²) >= 11 is 1.48. The van der Waals surface area contributed by atoms with Gasteiger partial charge in [-0.2, -0.15) is 5.26 Å². The van der Waals surface area contributed by atoms with Gasteiger partial charge in [-0.25, -0.2) is 4.79 Å². The molecule has 0 bridgehead atoms. The molecule has 0 aliphatic carbocycles. The normalized spacial score (nSPS) is 10.2. The molecule has 0 spiro atoms. The van der Waals surface area contributed by atoms with Gasteiger partial charge in [0.05, 0.1) is 29.1 Å². The molecule has 0 aliphatic rings. The van der Waals surface area contributed by atoms with Gasteiger partial charge in [0.1, 0.15) is 0 Å². The van der Waals surface area contributed by atoms with Crippen LogP contribution in [-0.4, -0.2) is 23.7 Å². The van der Waals surface area contributed by atoms with E-state index in [1.807, 2.05) is 12.1 Å². The Hall–Kier alpha value is -2.78. The molecule has 1 N–H and O–H groups in total. The van der Waals surface area contributed by atoms with Gasteiger partial charge in [-0.3, -0.25) is 4.79 Å². The minimum atomic E-state index is -0.411. The Kier molecular flexibility index (Phi) is 7.24. The van der Waals surface area contributed by atoms with Crippen LogP contribution < -0.4 is 5.32 Å². The first-order chi connectivity index (χ1) is 12.5. The van der Waals surface area contributed by atoms with Gasteiger partial charge in [0.2, 0.25) is 5.91 Å². The second-order valence-corrected chi connectivity index (χ2v) is 6.87. The van der Waals surface area contributed by atoms with E-state index in [9.17, 15) is 9.59 Å². The largest absolute Gasteiger partial charge is 0.459 e. The van der Waals surface area contributed by atoms with Crippen LogP contribution in [0.25, 0.3) is 0 Å². The molecule has 1 amide bonds. The van der Waals surface area contributed by atoms with Crippen molar-refractivity contribution in [3.05, 3.63) is 65.2 Å². The molecule has 0 saturated heterocycles. The number of benzene rings is 2. The number of hydrogen-bond donors (Lipinski definition) is 1. The Morgan fingerprint density at radius 3 is 2.58 bits per heavy atom. The lowest BCUT2D eigenvalue weighted by atomic mass is 10.2. The lowest BCUT2D eigenvalue weighted by Crippen LogP contribution is -2.15. The average Bonchev–Trinajstić information content (AvgIpc) is 2.62. The van der Waals surface area contributed by atoms with Gasteiger partial charge in [-0.15, -0.1) is 11.8 Å². The third-order valence-corrected chi connectivity index (χ3v) is 4.31. The number of hydrogen-bond acceptors (Lipinski definition) is 5. The number of esters is 1. The molecule has 0 radical (unpaired) electrons. The highest BCUT2D eigenvalue weighted by molar-refractivity contribution is 7.99. The monoisotopic (exact) mass is 368 g/mol. The molecule has 0 heterocycles. The SMILES string of the molecule is CC(C)OC(=O)c1cccc(NC(=O)CSCc2ccc(C#N)cc2)c1. The molecule has 2 aromatic rings. The molecule has 0 aliphatic heterocycles. The van der Waals surface area contributed by atoms with E-state index < -0.39 is 5.97 Å². The van der Waals surface area contributed by atoms with Crippen molar-refractivity contribution < 1.29 is 14.3 Å². The lowest BCUT2D eigenvalue weighted by molar-refractivity contribution is -0.113.